The van der Waals surface area contributed by atoms with Crippen LogP contribution in [0.3, 0.4) is 0 Å². The highest BCUT2D eigenvalue weighted by atomic mass is 16.5. The number of methoxy groups -OCH3 is 1. The van der Waals surface area contributed by atoms with Crippen LogP contribution in [0.5, 0.6) is 11.5 Å². The Bertz CT molecular complexity index is 847. The van der Waals surface area contributed by atoms with Gasteiger partial charge in [0.25, 0.3) is 0 Å². The molecule has 0 bridgehead atoms. The van der Waals surface area contributed by atoms with Gasteiger partial charge in [-0.25, -0.2) is 4.98 Å². The van der Waals surface area contributed by atoms with Gasteiger partial charge < -0.3 is 19.5 Å². The molecule has 2 heterocycles. The van der Waals surface area contributed by atoms with Crippen molar-refractivity contribution in [1.29, 1.82) is 0 Å². The third kappa shape index (κ3) is 4.59. The molecule has 0 radical (unpaired) electrons. The summed E-state index contributed by atoms with van der Waals surface area (Å²) in [5, 5.41) is 4.73. The number of rotatable bonds is 8. The molecule has 1 fully saturated rings. The lowest BCUT2D eigenvalue weighted by atomic mass is 10.0. The Morgan fingerprint density at radius 2 is 1.93 bits per heavy atom. The molecule has 0 atom stereocenters. The van der Waals surface area contributed by atoms with Gasteiger partial charge in [0.2, 0.25) is 0 Å². The fourth-order valence-electron chi connectivity index (χ4n) is 4.33. The number of benzene rings is 1. The second kappa shape index (κ2) is 9.18. The zero-order valence-corrected chi connectivity index (χ0v) is 17.9. The van der Waals surface area contributed by atoms with Crippen LogP contribution in [0.4, 0.5) is 5.82 Å². The molecule has 29 heavy (non-hydrogen) atoms. The molecular weight excluding hydrogens is 366 g/mol. The van der Waals surface area contributed by atoms with Crippen molar-refractivity contribution in [2.24, 2.45) is 0 Å². The van der Waals surface area contributed by atoms with Crippen LogP contribution >= 0.6 is 0 Å². The topological polar surface area (TPSA) is 55.8 Å². The highest BCUT2D eigenvalue weighted by Gasteiger charge is 2.22. The maximum atomic E-state index is 6.12. The molecule has 1 aromatic heterocycles. The van der Waals surface area contributed by atoms with E-state index in [1.165, 1.54) is 22.9 Å². The lowest BCUT2D eigenvalue weighted by Crippen LogP contribution is -2.37. The van der Waals surface area contributed by atoms with E-state index in [9.17, 15) is 0 Å². The minimum Gasteiger partial charge on any atom is -0.493 e. The summed E-state index contributed by atoms with van der Waals surface area (Å²) < 4.78 is 17.2. The van der Waals surface area contributed by atoms with Gasteiger partial charge in [0, 0.05) is 37.1 Å². The molecule has 1 saturated heterocycles. The molecule has 0 spiro atoms. The molecule has 6 heteroatoms. The third-order valence-electron chi connectivity index (χ3n) is 5.75. The number of morpholine rings is 1. The Balaban J connectivity index is 1.53. The number of ether oxygens (including phenoxy) is 3. The van der Waals surface area contributed by atoms with E-state index >= 15 is 0 Å². The Kier molecular flexibility index (Phi) is 6.40. The van der Waals surface area contributed by atoms with Crippen molar-refractivity contribution in [3.05, 3.63) is 23.3 Å². The molecule has 2 aromatic rings. The van der Waals surface area contributed by atoms with Gasteiger partial charge in [-0.3, -0.25) is 4.90 Å². The number of anilines is 1. The average molecular weight is 400 g/mol. The summed E-state index contributed by atoms with van der Waals surface area (Å²) in [5.41, 5.74) is 3.76. The first-order chi connectivity index (χ1) is 14.2. The van der Waals surface area contributed by atoms with E-state index in [0.717, 1.165) is 74.9 Å². The van der Waals surface area contributed by atoms with Gasteiger partial charge in [0.15, 0.2) is 11.5 Å². The maximum Gasteiger partial charge on any atom is 0.163 e. The first kappa shape index (κ1) is 20.2. The first-order valence-electron chi connectivity index (χ1n) is 10.9. The highest BCUT2D eigenvalue weighted by molar-refractivity contribution is 5.89. The molecule has 2 aliphatic rings. The average Bonchev–Trinajstić information content (AvgIpc) is 3.22. The van der Waals surface area contributed by atoms with Gasteiger partial charge in [-0.1, -0.05) is 0 Å². The maximum absolute atomic E-state index is 6.12. The number of pyridine rings is 1. The number of hydrogen-bond donors (Lipinski definition) is 1. The van der Waals surface area contributed by atoms with Crippen molar-refractivity contribution in [3.8, 4) is 11.5 Å². The van der Waals surface area contributed by atoms with Crippen molar-refractivity contribution >= 4 is 16.7 Å². The minimum absolute atomic E-state index is 0.360. The monoisotopic (exact) mass is 399 g/mol. The van der Waals surface area contributed by atoms with E-state index in [4.69, 9.17) is 19.2 Å². The lowest BCUT2D eigenvalue weighted by molar-refractivity contribution is 0.0357. The van der Waals surface area contributed by atoms with Gasteiger partial charge in [-0.05, 0) is 56.7 Å². The molecule has 4 rings (SSSR count). The van der Waals surface area contributed by atoms with Gasteiger partial charge in [-0.2, -0.15) is 0 Å². The molecule has 0 saturated carbocycles. The molecule has 1 N–H and O–H groups in total. The number of hydrogen-bond acceptors (Lipinski definition) is 6. The third-order valence-corrected chi connectivity index (χ3v) is 5.75. The lowest BCUT2D eigenvalue weighted by Gasteiger charge is -2.26. The number of fused-ring (bicyclic) bond motifs is 3. The SMILES string of the molecule is COc1cc2c3c(c(NC(C)C)nc2cc1OCCCN1CCOCC1)CCC3. The Hall–Kier alpha value is -2.05. The molecule has 1 aliphatic heterocycles. The van der Waals surface area contributed by atoms with Crippen LogP contribution in [0.15, 0.2) is 12.1 Å². The minimum atomic E-state index is 0.360. The van der Waals surface area contributed by atoms with E-state index in [1.807, 2.05) is 6.07 Å². The van der Waals surface area contributed by atoms with Crippen LogP contribution in [0.2, 0.25) is 0 Å². The fourth-order valence-corrected chi connectivity index (χ4v) is 4.33. The largest absolute Gasteiger partial charge is 0.493 e. The molecule has 6 nitrogen and oxygen atoms in total. The Labute approximate surface area is 173 Å². The van der Waals surface area contributed by atoms with Crippen LogP contribution in [-0.4, -0.2) is 62.5 Å². The van der Waals surface area contributed by atoms with Crippen LogP contribution < -0.4 is 14.8 Å². The molecular formula is C23H33N3O3. The quantitative estimate of drug-likeness (QED) is 0.684. The zero-order chi connectivity index (χ0) is 20.2. The zero-order valence-electron chi connectivity index (χ0n) is 17.9. The summed E-state index contributed by atoms with van der Waals surface area (Å²) in [6.45, 7) is 9.72. The summed E-state index contributed by atoms with van der Waals surface area (Å²) >= 11 is 0. The summed E-state index contributed by atoms with van der Waals surface area (Å²) in [7, 11) is 1.71. The molecule has 0 unspecified atom stereocenters. The number of nitrogens with one attached hydrogen (secondary N) is 1. The van der Waals surface area contributed by atoms with Crippen LogP contribution in [0, 0.1) is 0 Å². The Morgan fingerprint density at radius 3 is 2.69 bits per heavy atom. The van der Waals surface area contributed by atoms with E-state index in [0.29, 0.717) is 12.6 Å². The van der Waals surface area contributed by atoms with E-state index in [1.54, 1.807) is 7.11 Å². The normalized spacial score (nSPS) is 17.0. The highest BCUT2D eigenvalue weighted by Crippen LogP contribution is 2.39. The van der Waals surface area contributed by atoms with Crippen molar-refractivity contribution in [2.45, 2.75) is 45.6 Å². The molecule has 1 aliphatic carbocycles. The number of aromatic nitrogens is 1. The number of aryl methyl sites for hydroxylation is 1. The van der Waals surface area contributed by atoms with Crippen molar-refractivity contribution in [1.82, 2.24) is 9.88 Å². The van der Waals surface area contributed by atoms with Crippen LogP contribution in [0.1, 0.15) is 37.8 Å². The standard InChI is InChI=1S/C23H33N3O3/c1-16(2)24-23-18-7-4-6-17(18)19-14-21(27-3)22(15-20(19)25-23)29-11-5-8-26-9-12-28-13-10-26/h14-16H,4-13H2,1-3H3,(H,24,25). The van der Waals surface area contributed by atoms with Crippen molar-refractivity contribution in [3.63, 3.8) is 0 Å². The number of nitrogens with zero attached hydrogens (tertiary/aromatic N) is 2. The summed E-state index contributed by atoms with van der Waals surface area (Å²) in [6.07, 6.45) is 4.36. The van der Waals surface area contributed by atoms with Crippen LogP contribution in [-0.2, 0) is 17.6 Å². The predicted octanol–water partition coefficient (Wildman–Crippen LogP) is 3.65. The second-order valence-electron chi connectivity index (χ2n) is 8.25. The summed E-state index contributed by atoms with van der Waals surface area (Å²) in [4.78, 5) is 7.39. The van der Waals surface area contributed by atoms with Gasteiger partial charge in [0.1, 0.15) is 5.82 Å². The predicted molar refractivity (Wildman–Crippen MR) is 116 cm³/mol. The summed E-state index contributed by atoms with van der Waals surface area (Å²) in [6, 6.07) is 4.52. The summed E-state index contributed by atoms with van der Waals surface area (Å²) in [5.74, 6) is 2.61. The van der Waals surface area contributed by atoms with Crippen molar-refractivity contribution < 1.29 is 14.2 Å². The fraction of sp³-hybridized carbons (Fsp3) is 0.609. The van der Waals surface area contributed by atoms with Crippen LogP contribution in [0.25, 0.3) is 10.9 Å². The smallest absolute Gasteiger partial charge is 0.163 e. The first-order valence-corrected chi connectivity index (χ1v) is 10.9. The van der Waals surface area contributed by atoms with Crippen molar-refractivity contribution in [2.75, 3.05) is 51.9 Å². The van der Waals surface area contributed by atoms with E-state index in [2.05, 4.69) is 30.1 Å². The van der Waals surface area contributed by atoms with E-state index < -0.39 is 0 Å². The van der Waals surface area contributed by atoms with Gasteiger partial charge in [0.05, 0.1) is 32.4 Å². The van der Waals surface area contributed by atoms with E-state index in [-0.39, 0.29) is 0 Å². The Morgan fingerprint density at radius 1 is 1.14 bits per heavy atom. The molecule has 0 amide bonds. The second-order valence-corrected chi connectivity index (χ2v) is 8.25. The van der Waals surface area contributed by atoms with Gasteiger partial charge in [-0.15, -0.1) is 0 Å². The van der Waals surface area contributed by atoms with Gasteiger partial charge >= 0.3 is 0 Å². The molecule has 1 aromatic carbocycles. The molecule has 158 valence electrons.